The van der Waals surface area contributed by atoms with E-state index in [1.807, 2.05) is 6.07 Å². The molecule has 0 aromatic heterocycles. The second-order valence-corrected chi connectivity index (χ2v) is 5.68. The van der Waals surface area contributed by atoms with E-state index in [1.165, 1.54) is 29.5 Å². The van der Waals surface area contributed by atoms with Crippen LogP contribution in [0.15, 0.2) is 48.5 Å². The van der Waals surface area contributed by atoms with Crippen molar-refractivity contribution in [2.24, 2.45) is 0 Å². The summed E-state index contributed by atoms with van der Waals surface area (Å²) in [7, 11) is 0. The molecule has 0 spiro atoms. The molecule has 2 aromatic rings. The van der Waals surface area contributed by atoms with Crippen LogP contribution in [0.4, 0.5) is 0 Å². The summed E-state index contributed by atoms with van der Waals surface area (Å²) >= 11 is 0. The summed E-state index contributed by atoms with van der Waals surface area (Å²) < 4.78 is 5.75. The molecule has 4 rings (SSSR count). The van der Waals surface area contributed by atoms with Crippen molar-refractivity contribution in [3.05, 3.63) is 65.2 Å². The summed E-state index contributed by atoms with van der Waals surface area (Å²) in [5.74, 6) is 1.04. The van der Waals surface area contributed by atoms with Crippen molar-refractivity contribution < 1.29 is 4.74 Å². The summed E-state index contributed by atoms with van der Waals surface area (Å²) in [6.45, 7) is 0.809. The monoisotopic (exact) mass is 265 g/mol. The zero-order valence-electron chi connectivity index (χ0n) is 11.5. The van der Waals surface area contributed by atoms with Crippen LogP contribution in [0.3, 0.4) is 0 Å². The Balaban J connectivity index is 1.59. The van der Waals surface area contributed by atoms with E-state index < -0.39 is 0 Å². The highest BCUT2D eigenvalue weighted by atomic mass is 16.5. The Bertz CT molecular complexity index is 622. The molecule has 1 aliphatic carbocycles. The van der Waals surface area contributed by atoms with Crippen LogP contribution >= 0.6 is 0 Å². The van der Waals surface area contributed by atoms with Crippen LogP contribution in [0.5, 0.6) is 5.75 Å². The van der Waals surface area contributed by atoms with E-state index in [1.54, 1.807) is 0 Å². The lowest BCUT2D eigenvalue weighted by molar-refractivity contribution is 0.244. The fourth-order valence-corrected chi connectivity index (χ4v) is 3.49. The van der Waals surface area contributed by atoms with E-state index in [-0.39, 0.29) is 0 Å². The van der Waals surface area contributed by atoms with Gasteiger partial charge in [0.05, 0.1) is 6.61 Å². The van der Waals surface area contributed by atoms with Gasteiger partial charge in [0, 0.05) is 24.1 Å². The van der Waals surface area contributed by atoms with Crippen molar-refractivity contribution in [2.45, 2.75) is 31.3 Å². The highest BCUT2D eigenvalue weighted by Crippen LogP contribution is 2.37. The van der Waals surface area contributed by atoms with E-state index in [2.05, 4.69) is 47.8 Å². The molecule has 2 aliphatic rings. The number of aryl methyl sites for hydroxylation is 1. The zero-order valence-corrected chi connectivity index (χ0v) is 11.5. The second kappa shape index (κ2) is 4.95. The third-order valence-electron chi connectivity index (χ3n) is 4.49. The van der Waals surface area contributed by atoms with Crippen LogP contribution in [0, 0.1) is 0 Å². The molecule has 20 heavy (non-hydrogen) atoms. The standard InChI is InChI=1S/C18H19NO/c1-2-6-14-13(5-1)9-10-16(14)19-17-11-12-20-18-8-4-3-7-15(17)18/h1-8,16-17,19H,9-12H2. The normalized spacial score (nSPS) is 23.8. The highest BCUT2D eigenvalue weighted by Gasteiger charge is 2.27. The van der Waals surface area contributed by atoms with Gasteiger partial charge in [-0.05, 0) is 30.0 Å². The van der Waals surface area contributed by atoms with Crippen LogP contribution in [0.2, 0.25) is 0 Å². The van der Waals surface area contributed by atoms with Crippen molar-refractivity contribution in [1.82, 2.24) is 5.32 Å². The molecule has 0 fully saturated rings. The first kappa shape index (κ1) is 12.0. The Morgan fingerprint density at radius 3 is 2.55 bits per heavy atom. The van der Waals surface area contributed by atoms with Crippen molar-refractivity contribution >= 4 is 0 Å². The number of hydrogen-bond acceptors (Lipinski definition) is 2. The van der Waals surface area contributed by atoms with Gasteiger partial charge in [0.25, 0.3) is 0 Å². The zero-order chi connectivity index (χ0) is 13.4. The molecular formula is C18H19NO. The molecule has 0 amide bonds. The largest absolute Gasteiger partial charge is 0.493 e. The molecule has 0 radical (unpaired) electrons. The highest BCUT2D eigenvalue weighted by molar-refractivity contribution is 5.39. The Kier molecular flexibility index (Phi) is 2.96. The van der Waals surface area contributed by atoms with E-state index in [9.17, 15) is 0 Å². The van der Waals surface area contributed by atoms with Gasteiger partial charge in [-0.25, -0.2) is 0 Å². The smallest absolute Gasteiger partial charge is 0.124 e. The summed E-state index contributed by atoms with van der Waals surface area (Å²) in [6.07, 6.45) is 3.45. The van der Waals surface area contributed by atoms with Crippen molar-refractivity contribution in [2.75, 3.05) is 6.61 Å². The van der Waals surface area contributed by atoms with E-state index in [4.69, 9.17) is 4.74 Å². The summed E-state index contributed by atoms with van der Waals surface area (Å²) in [5.41, 5.74) is 4.30. The molecule has 1 aliphatic heterocycles. The van der Waals surface area contributed by atoms with E-state index in [0.717, 1.165) is 18.8 Å². The Labute approximate surface area is 119 Å². The Morgan fingerprint density at radius 2 is 1.60 bits per heavy atom. The van der Waals surface area contributed by atoms with Crippen LogP contribution in [-0.2, 0) is 6.42 Å². The maximum Gasteiger partial charge on any atom is 0.124 e. The molecule has 0 saturated carbocycles. The molecule has 102 valence electrons. The minimum absolute atomic E-state index is 0.413. The SMILES string of the molecule is c1ccc2c(c1)CCC2NC1CCOc2ccccc21. The minimum Gasteiger partial charge on any atom is -0.493 e. The van der Waals surface area contributed by atoms with Crippen molar-refractivity contribution in [3.8, 4) is 5.75 Å². The average molecular weight is 265 g/mol. The van der Waals surface area contributed by atoms with Gasteiger partial charge in [-0.2, -0.15) is 0 Å². The predicted molar refractivity (Wildman–Crippen MR) is 79.9 cm³/mol. The molecule has 0 saturated heterocycles. The first-order chi connectivity index (χ1) is 9.92. The Morgan fingerprint density at radius 1 is 0.850 bits per heavy atom. The molecule has 0 bridgehead atoms. The fourth-order valence-electron chi connectivity index (χ4n) is 3.49. The number of hydrogen-bond donors (Lipinski definition) is 1. The average Bonchev–Trinajstić information content (AvgIpc) is 2.91. The summed E-state index contributed by atoms with van der Waals surface area (Å²) in [6, 6.07) is 18.1. The lowest BCUT2D eigenvalue weighted by Crippen LogP contribution is -2.29. The predicted octanol–water partition coefficient (Wildman–Crippen LogP) is 3.79. The lowest BCUT2D eigenvalue weighted by Gasteiger charge is -2.29. The molecule has 1 heterocycles. The molecule has 1 N–H and O–H groups in total. The first-order valence-electron chi connectivity index (χ1n) is 7.47. The number of rotatable bonds is 2. The van der Waals surface area contributed by atoms with Gasteiger partial charge < -0.3 is 10.1 Å². The van der Waals surface area contributed by atoms with Crippen LogP contribution < -0.4 is 10.1 Å². The maximum atomic E-state index is 5.75. The molecule has 2 aromatic carbocycles. The van der Waals surface area contributed by atoms with Gasteiger partial charge >= 0.3 is 0 Å². The van der Waals surface area contributed by atoms with Gasteiger partial charge in [0.15, 0.2) is 0 Å². The minimum atomic E-state index is 0.413. The number of fused-ring (bicyclic) bond motifs is 2. The maximum absolute atomic E-state index is 5.75. The second-order valence-electron chi connectivity index (χ2n) is 5.68. The van der Waals surface area contributed by atoms with Gasteiger partial charge in [0.2, 0.25) is 0 Å². The lowest BCUT2D eigenvalue weighted by atomic mass is 9.98. The molecular weight excluding hydrogens is 246 g/mol. The molecule has 2 nitrogen and oxygen atoms in total. The van der Waals surface area contributed by atoms with E-state index in [0.29, 0.717) is 12.1 Å². The number of para-hydroxylation sites is 1. The quantitative estimate of drug-likeness (QED) is 0.892. The molecule has 2 atom stereocenters. The van der Waals surface area contributed by atoms with Crippen LogP contribution in [0.1, 0.15) is 41.6 Å². The first-order valence-corrected chi connectivity index (χ1v) is 7.47. The molecule has 2 heteroatoms. The van der Waals surface area contributed by atoms with Crippen molar-refractivity contribution in [3.63, 3.8) is 0 Å². The fraction of sp³-hybridized carbons (Fsp3) is 0.333. The number of ether oxygens (including phenoxy) is 1. The van der Waals surface area contributed by atoms with E-state index >= 15 is 0 Å². The van der Waals surface area contributed by atoms with Gasteiger partial charge in [-0.15, -0.1) is 0 Å². The van der Waals surface area contributed by atoms with Crippen LogP contribution in [-0.4, -0.2) is 6.61 Å². The third-order valence-corrected chi connectivity index (χ3v) is 4.49. The topological polar surface area (TPSA) is 21.3 Å². The van der Waals surface area contributed by atoms with Gasteiger partial charge in [-0.1, -0.05) is 42.5 Å². The summed E-state index contributed by atoms with van der Waals surface area (Å²) in [5, 5.41) is 3.85. The van der Waals surface area contributed by atoms with Crippen molar-refractivity contribution in [1.29, 1.82) is 0 Å². The summed E-state index contributed by atoms with van der Waals surface area (Å²) in [4.78, 5) is 0. The third kappa shape index (κ3) is 2.01. The van der Waals surface area contributed by atoms with Crippen LogP contribution in [0.25, 0.3) is 0 Å². The molecule has 2 unspecified atom stereocenters. The Hall–Kier alpha value is -1.80. The number of nitrogens with one attached hydrogen (secondary N) is 1. The van der Waals surface area contributed by atoms with Gasteiger partial charge in [-0.3, -0.25) is 0 Å². The van der Waals surface area contributed by atoms with Gasteiger partial charge in [0.1, 0.15) is 5.75 Å². The number of benzene rings is 2.